The number of anilines is 1. The van der Waals surface area contributed by atoms with Crippen molar-refractivity contribution in [2.75, 3.05) is 31.1 Å². The molecule has 3 aromatic rings. The monoisotopic (exact) mass is 473 g/mol. The van der Waals surface area contributed by atoms with Crippen molar-refractivity contribution < 1.29 is 0 Å². The minimum Gasteiger partial charge on any atom is -0.354 e. The van der Waals surface area contributed by atoms with E-state index < -0.39 is 0 Å². The molecule has 0 atom stereocenters. The Hall–Kier alpha value is -2.37. The van der Waals surface area contributed by atoms with Crippen LogP contribution in [-0.2, 0) is 0 Å². The van der Waals surface area contributed by atoms with Crippen LogP contribution in [0.1, 0.15) is 77.5 Å². The Morgan fingerprint density at radius 3 is 2.26 bits per heavy atom. The molecule has 1 aromatic carbocycles. The highest BCUT2D eigenvalue weighted by molar-refractivity contribution is 5.92. The minimum atomic E-state index is 0.107. The second-order valence-corrected chi connectivity index (χ2v) is 12.4. The van der Waals surface area contributed by atoms with Gasteiger partial charge in [0.05, 0.1) is 0 Å². The lowest BCUT2D eigenvalue weighted by Crippen LogP contribution is -2.57. The molecule has 0 unspecified atom stereocenters. The van der Waals surface area contributed by atoms with Crippen molar-refractivity contribution in [3.05, 3.63) is 47.8 Å². The van der Waals surface area contributed by atoms with Gasteiger partial charge >= 0.3 is 0 Å². The van der Waals surface area contributed by atoms with Gasteiger partial charge in [0.25, 0.3) is 0 Å². The fourth-order valence-electron chi connectivity index (χ4n) is 6.72. The summed E-state index contributed by atoms with van der Waals surface area (Å²) in [6.45, 7) is 20.4. The lowest BCUT2D eigenvalue weighted by Gasteiger charge is -2.47. The van der Waals surface area contributed by atoms with Gasteiger partial charge in [-0.25, -0.2) is 4.98 Å². The SMILES string of the molecule is Cc1cn(C(C)C)c2cc(-c3ccc(N4CCNCC4)nc3)cc(C3CC(C)(C)NC(C)(C)C3)c12. The number of nitrogens with one attached hydrogen (secondary N) is 2. The summed E-state index contributed by atoms with van der Waals surface area (Å²) in [6, 6.07) is 9.76. The number of piperazine rings is 1. The van der Waals surface area contributed by atoms with Gasteiger partial charge in [-0.2, -0.15) is 0 Å². The Kier molecular flexibility index (Phi) is 6.21. The van der Waals surface area contributed by atoms with Gasteiger partial charge in [-0.3, -0.25) is 0 Å². The molecule has 5 rings (SSSR count). The third-order valence-electron chi connectivity index (χ3n) is 7.86. The first-order valence-electron chi connectivity index (χ1n) is 13.4. The number of pyridine rings is 1. The van der Waals surface area contributed by atoms with E-state index in [4.69, 9.17) is 4.98 Å². The second-order valence-electron chi connectivity index (χ2n) is 12.4. The van der Waals surface area contributed by atoms with E-state index in [9.17, 15) is 0 Å². The quantitative estimate of drug-likeness (QED) is 0.486. The van der Waals surface area contributed by atoms with Crippen molar-refractivity contribution in [2.45, 2.75) is 84.3 Å². The first-order valence-corrected chi connectivity index (χ1v) is 13.4. The molecule has 0 aliphatic carbocycles. The second kappa shape index (κ2) is 8.94. The number of aromatic nitrogens is 2. The number of nitrogens with zero attached hydrogens (tertiary/aromatic N) is 3. The van der Waals surface area contributed by atoms with Gasteiger partial charge in [-0.05, 0) is 102 Å². The Balaban J connectivity index is 1.62. The zero-order chi connectivity index (χ0) is 25.0. The van der Waals surface area contributed by atoms with E-state index in [1.807, 2.05) is 0 Å². The number of piperidine rings is 1. The molecule has 5 nitrogen and oxygen atoms in total. The van der Waals surface area contributed by atoms with Crippen LogP contribution in [0.25, 0.3) is 22.0 Å². The predicted molar refractivity (Wildman–Crippen MR) is 149 cm³/mol. The third-order valence-corrected chi connectivity index (χ3v) is 7.86. The molecule has 4 heterocycles. The van der Waals surface area contributed by atoms with Crippen molar-refractivity contribution >= 4 is 16.7 Å². The van der Waals surface area contributed by atoms with Gasteiger partial charge in [-0.15, -0.1) is 0 Å². The van der Waals surface area contributed by atoms with E-state index >= 15 is 0 Å². The summed E-state index contributed by atoms with van der Waals surface area (Å²) >= 11 is 0. The first-order chi connectivity index (χ1) is 16.5. The summed E-state index contributed by atoms with van der Waals surface area (Å²) in [5, 5.41) is 8.76. The number of rotatable bonds is 4. The average Bonchev–Trinajstić information content (AvgIpc) is 3.14. The molecule has 0 spiro atoms. The molecular weight excluding hydrogens is 430 g/mol. The summed E-state index contributed by atoms with van der Waals surface area (Å²) < 4.78 is 2.46. The minimum absolute atomic E-state index is 0.107. The molecule has 2 N–H and O–H groups in total. The number of benzene rings is 1. The molecule has 0 radical (unpaired) electrons. The summed E-state index contributed by atoms with van der Waals surface area (Å²) in [4.78, 5) is 7.27. The van der Waals surface area contributed by atoms with Crippen LogP contribution in [0, 0.1) is 6.92 Å². The zero-order valence-corrected chi connectivity index (χ0v) is 22.7. The van der Waals surface area contributed by atoms with Crippen molar-refractivity contribution in [2.24, 2.45) is 0 Å². The standard InChI is InChI=1S/C30H43N5/c1-20(2)35-19-21(3)28-25(24-16-29(4,5)33-30(6,7)17-24)14-23(15-26(28)35)22-8-9-27(32-18-22)34-12-10-31-11-13-34/h8-9,14-15,18-20,24,31,33H,10-13,16-17H2,1-7H3. The Morgan fingerprint density at radius 1 is 0.971 bits per heavy atom. The molecule has 0 bridgehead atoms. The van der Waals surface area contributed by atoms with E-state index in [-0.39, 0.29) is 11.1 Å². The van der Waals surface area contributed by atoms with Gasteiger partial charge in [0, 0.05) is 72.2 Å². The Bertz CT molecular complexity index is 1180. The van der Waals surface area contributed by atoms with Crippen LogP contribution in [0.4, 0.5) is 5.82 Å². The highest BCUT2D eigenvalue weighted by Crippen LogP contribution is 2.44. The van der Waals surface area contributed by atoms with Gasteiger partial charge in [0.2, 0.25) is 0 Å². The third kappa shape index (κ3) is 4.85. The summed E-state index contributed by atoms with van der Waals surface area (Å²) in [7, 11) is 0. The van der Waals surface area contributed by atoms with E-state index in [1.54, 1.807) is 0 Å². The number of hydrogen-bond donors (Lipinski definition) is 2. The average molecular weight is 474 g/mol. The van der Waals surface area contributed by atoms with Gasteiger partial charge in [0.1, 0.15) is 5.82 Å². The van der Waals surface area contributed by atoms with Crippen LogP contribution < -0.4 is 15.5 Å². The smallest absolute Gasteiger partial charge is 0.128 e. The largest absolute Gasteiger partial charge is 0.354 e. The molecule has 2 saturated heterocycles. The maximum atomic E-state index is 4.89. The molecule has 0 amide bonds. The normalized spacial score (nSPS) is 20.6. The van der Waals surface area contributed by atoms with E-state index in [1.165, 1.54) is 33.2 Å². The van der Waals surface area contributed by atoms with Crippen LogP contribution in [0.5, 0.6) is 0 Å². The van der Waals surface area contributed by atoms with Crippen LogP contribution >= 0.6 is 0 Å². The Morgan fingerprint density at radius 2 is 1.66 bits per heavy atom. The maximum Gasteiger partial charge on any atom is 0.128 e. The van der Waals surface area contributed by atoms with Crippen molar-refractivity contribution in [1.29, 1.82) is 0 Å². The number of aryl methyl sites for hydroxylation is 1. The molecule has 2 fully saturated rings. The predicted octanol–water partition coefficient (Wildman–Crippen LogP) is 6.03. The first kappa shape index (κ1) is 24.3. The molecule has 5 heteroatoms. The maximum absolute atomic E-state index is 4.89. The zero-order valence-electron chi connectivity index (χ0n) is 22.7. The van der Waals surface area contributed by atoms with E-state index in [0.717, 1.165) is 44.8 Å². The van der Waals surface area contributed by atoms with Crippen LogP contribution in [0.15, 0.2) is 36.7 Å². The van der Waals surface area contributed by atoms with Gasteiger partial charge < -0.3 is 20.1 Å². The lowest BCUT2D eigenvalue weighted by atomic mass is 9.72. The van der Waals surface area contributed by atoms with Crippen molar-refractivity contribution in [3.8, 4) is 11.1 Å². The van der Waals surface area contributed by atoms with Crippen molar-refractivity contribution in [3.63, 3.8) is 0 Å². The van der Waals surface area contributed by atoms with Crippen molar-refractivity contribution in [1.82, 2.24) is 20.2 Å². The van der Waals surface area contributed by atoms with Crippen LogP contribution in [0.3, 0.4) is 0 Å². The lowest BCUT2D eigenvalue weighted by molar-refractivity contribution is 0.162. The van der Waals surface area contributed by atoms with E-state index in [2.05, 4.69) is 105 Å². The molecule has 2 aliphatic heterocycles. The summed E-state index contributed by atoms with van der Waals surface area (Å²) in [5.74, 6) is 1.60. The highest BCUT2D eigenvalue weighted by Gasteiger charge is 2.39. The highest BCUT2D eigenvalue weighted by atomic mass is 15.2. The fraction of sp³-hybridized carbons (Fsp3) is 0.567. The number of hydrogen-bond acceptors (Lipinski definition) is 4. The molecule has 188 valence electrons. The molecular formula is C30H43N5. The van der Waals surface area contributed by atoms with Gasteiger partial charge in [0.15, 0.2) is 0 Å². The molecule has 2 aromatic heterocycles. The molecule has 2 aliphatic rings. The number of fused-ring (bicyclic) bond motifs is 1. The summed E-state index contributed by atoms with van der Waals surface area (Å²) in [5.41, 5.74) is 6.94. The topological polar surface area (TPSA) is 45.1 Å². The molecule has 35 heavy (non-hydrogen) atoms. The van der Waals surface area contributed by atoms with Crippen LogP contribution in [-0.4, -0.2) is 46.8 Å². The fourth-order valence-corrected chi connectivity index (χ4v) is 6.72. The summed E-state index contributed by atoms with van der Waals surface area (Å²) in [6.07, 6.45) is 6.71. The molecule has 0 saturated carbocycles. The van der Waals surface area contributed by atoms with Gasteiger partial charge in [-0.1, -0.05) is 6.07 Å². The Labute approximate surface area is 211 Å². The van der Waals surface area contributed by atoms with E-state index in [0.29, 0.717) is 12.0 Å². The van der Waals surface area contributed by atoms with Crippen LogP contribution in [0.2, 0.25) is 0 Å².